The number of nitro groups is 1. The molecule has 0 aliphatic rings. The van der Waals surface area contributed by atoms with Crippen LogP contribution in [0.3, 0.4) is 0 Å². The lowest BCUT2D eigenvalue weighted by Crippen LogP contribution is -2.16. The molecule has 0 radical (unpaired) electrons. The highest BCUT2D eigenvalue weighted by Crippen LogP contribution is 2.29. The number of para-hydroxylation sites is 1. The summed E-state index contributed by atoms with van der Waals surface area (Å²) in [4.78, 5) is 12.6. The first-order chi connectivity index (χ1) is 9.83. The van der Waals surface area contributed by atoms with Crippen LogP contribution in [-0.4, -0.2) is 18.3 Å². The number of nitrogens with zero attached hydrogens (tertiary/aromatic N) is 2. The van der Waals surface area contributed by atoms with Crippen molar-refractivity contribution in [3.05, 3.63) is 57.5 Å². The number of hydrogen-bond donors (Lipinski definition) is 1. The molecule has 0 fully saturated rings. The molecule has 1 aromatic carbocycles. The molecule has 0 bridgehead atoms. The van der Waals surface area contributed by atoms with Crippen molar-refractivity contribution in [2.45, 2.75) is 4.90 Å². The smallest absolute Gasteiger partial charge is 0.262 e. The second-order valence-electron chi connectivity index (χ2n) is 3.78. The molecule has 0 aliphatic carbocycles. The molecule has 7 nitrogen and oxygen atoms in total. The number of pyridine rings is 1. The van der Waals surface area contributed by atoms with E-state index in [1.54, 1.807) is 0 Å². The maximum Gasteiger partial charge on any atom is 0.325 e. The van der Waals surface area contributed by atoms with Crippen molar-refractivity contribution in [1.82, 2.24) is 4.98 Å². The van der Waals surface area contributed by atoms with E-state index in [2.05, 4.69) is 4.98 Å². The second kappa shape index (κ2) is 5.62. The molecule has 0 saturated carbocycles. The van der Waals surface area contributed by atoms with Gasteiger partial charge in [0.2, 0.25) is 5.82 Å². The molecule has 0 spiro atoms. The molecule has 2 rings (SSSR count). The third-order valence-electron chi connectivity index (χ3n) is 2.41. The molecule has 0 atom stereocenters. The van der Waals surface area contributed by atoms with Crippen LogP contribution >= 0.6 is 11.6 Å². The summed E-state index contributed by atoms with van der Waals surface area (Å²) in [7, 11) is -4.41. The number of nitrogens with one attached hydrogen (secondary N) is 1. The molecule has 10 heteroatoms. The Morgan fingerprint density at radius 2 is 2.00 bits per heavy atom. The van der Waals surface area contributed by atoms with Crippen LogP contribution in [0.2, 0.25) is 5.02 Å². The van der Waals surface area contributed by atoms with Crippen LogP contribution in [0.5, 0.6) is 0 Å². The van der Waals surface area contributed by atoms with Gasteiger partial charge in [-0.25, -0.2) is 13.4 Å². The third-order valence-corrected chi connectivity index (χ3v) is 4.09. The summed E-state index contributed by atoms with van der Waals surface area (Å²) in [5.41, 5.74) is -1.14. The zero-order valence-corrected chi connectivity index (χ0v) is 11.7. The number of aromatic nitrogens is 1. The fourth-order valence-electron chi connectivity index (χ4n) is 1.53. The molecule has 2 aromatic rings. The van der Waals surface area contributed by atoms with Crippen LogP contribution in [0, 0.1) is 15.9 Å². The Labute approximate surface area is 123 Å². The number of sulfonamides is 1. The van der Waals surface area contributed by atoms with Gasteiger partial charge in [0.15, 0.2) is 10.7 Å². The number of rotatable bonds is 4. The van der Waals surface area contributed by atoms with E-state index in [0.717, 1.165) is 18.2 Å². The van der Waals surface area contributed by atoms with Crippen molar-refractivity contribution in [2.75, 3.05) is 4.72 Å². The lowest BCUT2D eigenvalue weighted by molar-refractivity contribution is -0.390. The van der Waals surface area contributed by atoms with E-state index >= 15 is 0 Å². The van der Waals surface area contributed by atoms with Crippen molar-refractivity contribution in [3.8, 4) is 0 Å². The van der Waals surface area contributed by atoms with Gasteiger partial charge in [0.25, 0.3) is 10.0 Å². The predicted octanol–water partition coefficient (Wildman–Crippen LogP) is 2.58. The summed E-state index contributed by atoms with van der Waals surface area (Å²) < 4.78 is 39.8. The van der Waals surface area contributed by atoms with Gasteiger partial charge in [-0.2, -0.15) is 4.39 Å². The first-order valence-corrected chi connectivity index (χ1v) is 7.25. The quantitative estimate of drug-likeness (QED) is 0.685. The summed E-state index contributed by atoms with van der Waals surface area (Å²) in [6.45, 7) is 0. The lowest BCUT2D eigenvalue weighted by atomic mass is 10.3. The highest BCUT2D eigenvalue weighted by atomic mass is 35.5. The van der Waals surface area contributed by atoms with E-state index in [1.165, 1.54) is 18.3 Å². The topological polar surface area (TPSA) is 102 Å². The summed E-state index contributed by atoms with van der Waals surface area (Å²) in [5.74, 6) is -1.47. The van der Waals surface area contributed by atoms with Crippen LogP contribution in [0.4, 0.5) is 15.9 Å². The molecule has 110 valence electrons. The fourth-order valence-corrected chi connectivity index (χ4v) is 2.97. The minimum absolute atomic E-state index is 0.000121. The Hall–Kier alpha value is -2.26. The lowest BCUT2D eigenvalue weighted by Gasteiger charge is -2.09. The van der Waals surface area contributed by atoms with E-state index in [4.69, 9.17) is 11.6 Å². The van der Waals surface area contributed by atoms with E-state index in [9.17, 15) is 22.9 Å². The van der Waals surface area contributed by atoms with E-state index in [1.807, 2.05) is 4.72 Å². The number of anilines is 1. The van der Waals surface area contributed by atoms with Crippen LogP contribution in [0.25, 0.3) is 0 Å². The average Bonchev–Trinajstić information content (AvgIpc) is 2.40. The number of halogens is 2. The van der Waals surface area contributed by atoms with Crippen molar-refractivity contribution in [2.24, 2.45) is 0 Å². The SMILES string of the molecule is O=[N+]([O-])c1c(F)cccc1S(=O)(=O)Nc1ncccc1Cl. The van der Waals surface area contributed by atoms with Crippen molar-refractivity contribution in [1.29, 1.82) is 0 Å². The maximum atomic E-state index is 13.5. The zero-order chi connectivity index (χ0) is 15.6. The standard InChI is InChI=1S/C11H7ClFN3O4S/c12-7-3-2-6-14-11(7)15-21(19,20)9-5-1-4-8(13)10(9)16(17)18/h1-6H,(H,14,15). The largest absolute Gasteiger partial charge is 0.325 e. The van der Waals surface area contributed by atoms with Gasteiger partial charge in [-0.3, -0.25) is 14.8 Å². The summed E-state index contributed by atoms with van der Waals surface area (Å²) >= 11 is 5.75. The highest BCUT2D eigenvalue weighted by Gasteiger charge is 2.30. The van der Waals surface area contributed by atoms with Gasteiger partial charge in [-0.05, 0) is 24.3 Å². The monoisotopic (exact) mass is 331 g/mol. The van der Waals surface area contributed by atoms with Crippen LogP contribution in [0.1, 0.15) is 0 Å². The molecule has 0 amide bonds. The van der Waals surface area contributed by atoms with Gasteiger partial charge in [0.05, 0.1) is 9.95 Å². The molecule has 0 aliphatic heterocycles. The molecule has 21 heavy (non-hydrogen) atoms. The van der Waals surface area contributed by atoms with Gasteiger partial charge < -0.3 is 0 Å². The minimum atomic E-state index is -4.41. The maximum absolute atomic E-state index is 13.5. The van der Waals surface area contributed by atoms with E-state index in [-0.39, 0.29) is 10.8 Å². The van der Waals surface area contributed by atoms with Gasteiger partial charge in [-0.1, -0.05) is 17.7 Å². The van der Waals surface area contributed by atoms with Gasteiger partial charge >= 0.3 is 5.69 Å². The van der Waals surface area contributed by atoms with E-state index in [0.29, 0.717) is 0 Å². The Kier molecular flexibility index (Phi) is 4.05. The number of benzene rings is 1. The molecule has 0 saturated heterocycles. The Bertz CT molecular complexity index is 813. The van der Waals surface area contributed by atoms with Gasteiger partial charge in [0.1, 0.15) is 0 Å². The molecule has 1 aromatic heterocycles. The molecule has 1 heterocycles. The van der Waals surface area contributed by atoms with E-state index < -0.39 is 31.3 Å². The first kappa shape index (κ1) is 15.1. The summed E-state index contributed by atoms with van der Waals surface area (Å²) in [6.07, 6.45) is 1.28. The average molecular weight is 332 g/mol. The Balaban J connectivity index is 2.53. The van der Waals surface area contributed by atoms with Crippen LogP contribution in [0.15, 0.2) is 41.4 Å². The van der Waals surface area contributed by atoms with Crippen LogP contribution in [-0.2, 0) is 10.0 Å². The second-order valence-corrected chi connectivity index (χ2v) is 5.84. The Morgan fingerprint density at radius 3 is 2.62 bits per heavy atom. The highest BCUT2D eigenvalue weighted by molar-refractivity contribution is 7.92. The predicted molar refractivity (Wildman–Crippen MR) is 73.1 cm³/mol. The summed E-state index contributed by atoms with van der Waals surface area (Å²) in [6, 6.07) is 5.62. The van der Waals surface area contributed by atoms with Gasteiger partial charge in [0, 0.05) is 6.20 Å². The molecule has 0 unspecified atom stereocenters. The molecule has 1 N–H and O–H groups in total. The zero-order valence-electron chi connectivity index (χ0n) is 10.2. The normalized spacial score (nSPS) is 11.1. The first-order valence-electron chi connectivity index (χ1n) is 5.39. The van der Waals surface area contributed by atoms with Crippen molar-refractivity contribution in [3.63, 3.8) is 0 Å². The van der Waals surface area contributed by atoms with Gasteiger partial charge in [-0.15, -0.1) is 0 Å². The molecular formula is C11H7ClFN3O4S. The fraction of sp³-hybridized carbons (Fsp3) is 0. The minimum Gasteiger partial charge on any atom is -0.262 e. The molecular weight excluding hydrogens is 325 g/mol. The Morgan fingerprint density at radius 1 is 1.29 bits per heavy atom. The van der Waals surface area contributed by atoms with Crippen molar-refractivity contribution < 1.29 is 17.7 Å². The number of hydrogen-bond acceptors (Lipinski definition) is 5. The van der Waals surface area contributed by atoms with Crippen molar-refractivity contribution >= 4 is 33.1 Å². The van der Waals surface area contributed by atoms with Crippen LogP contribution < -0.4 is 4.72 Å². The number of nitro benzene ring substituents is 1. The third kappa shape index (κ3) is 3.09. The summed E-state index contributed by atoms with van der Waals surface area (Å²) in [5, 5.41) is 10.8.